The number of esters is 2. The lowest BCUT2D eigenvalue weighted by molar-refractivity contribution is -0.138. The molecule has 0 amide bonds. The van der Waals surface area contributed by atoms with Crippen LogP contribution in [0, 0.1) is 0 Å². The summed E-state index contributed by atoms with van der Waals surface area (Å²) in [6.45, 7) is 2.12. The van der Waals surface area contributed by atoms with Crippen molar-refractivity contribution in [2.75, 3.05) is 6.61 Å². The highest BCUT2D eigenvalue weighted by Gasteiger charge is 2.16. The van der Waals surface area contributed by atoms with Crippen LogP contribution in [0.25, 0.3) is 0 Å². The standard InChI is InChI=1S/C13H10Cl4O4/c1-2-5-20-9(18)3-4-10(19)21-8-6-7(14)11(15)13(17)12(8)16/h3-4,6H,2,5H2,1H3/b4-3+. The molecule has 1 rings (SSSR count). The molecule has 21 heavy (non-hydrogen) atoms. The Labute approximate surface area is 141 Å². The highest BCUT2D eigenvalue weighted by Crippen LogP contribution is 2.41. The molecule has 0 bridgehead atoms. The summed E-state index contributed by atoms with van der Waals surface area (Å²) in [4.78, 5) is 22.7. The molecule has 0 aliphatic rings. The number of benzene rings is 1. The minimum Gasteiger partial charge on any atom is -0.463 e. The number of hydrogen-bond donors (Lipinski definition) is 0. The first-order valence-corrected chi connectivity index (χ1v) is 7.27. The van der Waals surface area contributed by atoms with Gasteiger partial charge < -0.3 is 9.47 Å². The summed E-state index contributed by atoms with van der Waals surface area (Å²) in [7, 11) is 0. The lowest BCUT2D eigenvalue weighted by Crippen LogP contribution is -2.07. The first-order valence-electron chi connectivity index (χ1n) is 5.76. The molecular weight excluding hydrogens is 362 g/mol. The van der Waals surface area contributed by atoms with E-state index in [0.29, 0.717) is 6.42 Å². The largest absolute Gasteiger partial charge is 0.463 e. The molecule has 1 aromatic rings. The lowest BCUT2D eigenvalue weighted by Gasteiger charge is -2.08. The van der Waals surface area contributed by atoms with Gasteiger partial charge >= 0.3 is 11.9 Å². The molecule has 0 saturated heterocycles. The molecule has 0 atom stereocenters. The summed E-state index contributed by atoms with van der Waals surface area (Å²) in [5.74, 6) is -1.54. The Morgan fingerprint density at radius 1 is 1.05 bits per heavy atom. The molecule has 0 unspecified atom stereocenters. The number of carbonyl (C=O) groups excluding carboxylic acids is 2. The first-order chi connectivity index (χ1) is 9.86. The highest BCUT2D eigenvalue weighted by atomic mass is 35.5. The fourth-order valence-electron chi connectivity index (χ4n) is 1.15. The van der Waals surface area contributed by atoms with Crippen molar-refractivity contribution in [3.8, 4) is 5.75 Å². The van der Waals surface area contributed by atoms with Gasteiger partial charge in [-0.25, -0.2) is 9.59 Å². The predicted molar refractivity (Wildman–Crippen MR) is 82.5 cm³/mol. The van der Waals surface area contributed by atoms with Crippen molar-refractivity contribution in [3.05, 3.63) is 38.3 Å². The van der Waals surface area contributed by atoms with Crippen LogP contribution in [-0.4, -0.2) is 18.5 Å². The minimum absolute atomic E-state index is 0.0278. The Bertz CT molecular complexity index is 584. The maximum atomic E-state index is 11.6. The molecule has 0 spiro atoms. The van der Waals surface area contributed by atoms with Gasteiger partial charge in [0.05, 0.1) is 21.7 Å². The van der Waals surface area contributed by atoms with E-state index in [1.807, 2.05) is 6.92 Å². The summed E-state index contributed by atoms with van der Waals surface area (Å²) < 4.78 is 9.67. The maximum absolute atomic E-state index is 11.6. The van der Waals surface area contributed by atoms with Crippen LogP contribution in [0.4, 0.5) is 0 Å². The van der Waals surface area contributed by atoms with Crippen molar-refractivity contribution < 1.29 is 19.1 Å². The van der Waals surface area contributed by atoms with Crippen LogP contribution in [0.15, 0.2) is 18.2 Å². The zero-order chi connectivity index (χ0) is 16.0. The molecule has 8 heteroatoms. The quantitative estimate of drug-likeness (QED) is 0.247. The second-order valence-corrected chi connectivity index (χ2v) is 5.26. The summed E-state index contributed by atoms with van der Waals surface area (Å²) in [5, 5.41) is 0.0587. The van der Waals surface area contributed by atoms with Gasteiger partial charge in [0.1, 0.15) is 5.02 Å². The highest BCUT2D eigenvalue weighted by molar-refractivity contribution is 6.52. The number of halogens is 4. The van der Waals surface area contributed by atoms with Gasteiger partial charge in [-0.3, -0.25) is 0 Å². The van der Waals surface area contributed by atoms with E-state index in [0.717, 1.165) is 12.2 Å². The molecule has 0 aliphatic heterocycles. The van der Waals surface area contributed by atoms with Gasteiger partial charge in [-0.2, -0.15) is 0 Å². The Kier molecular flexibility index (Phi) is 7.32. The third-order valence-electron chi connectivity index (χ3n) is 2.08. The van der Waals surface area contributed by atoms with E-state index < -0.39 is 11.9 Å². The van der Waals surface area contributed by atoms with Crippen LogP contribution >= 0.6 is 46.4 Å². The van der Waals surface area contributed by atoms with Gasteiger partial charge in [0.25, 0.3) is 0 Å². The fourth-order valence-corrected chi connectivity index (χ4v) is 1.98. The molecule has 0 N–H and O–H groups in total. The zero-order valence-corrected chi connectivity index (χ0v) is 13.8. The van der Waals surface area contributed by atoms with Crippen molar-refractivity contribution in [3.63, 3.8) is 0 Å². The van der Waals surface area contributed by atoms with Crippen LogP contribution in [0.3, 0.4) is 0 Å². The molecular formula is C13H10Cl4O4. The Morgan fingerprint density at radius 3 is 2.29 bits per heavy atom. The Hall–Kier alpha value is -0.940. The smallest absolute Gasteiger partial charge is 0.336 e. The summed E-state index contributed by atoms with van der Waals surface area (Å²) in [6.07, 6.45) is 2.54. The molecule has 1 aromatic carbocycles. The molecule has 0 fully saturated rings. The van der Waals surface area contributed by atoms with E-state index in [4.69, 9.17) is 55.9 Å². The topological polar surface area (TPSA) is 52.6 Å². The van der Waals surface area contributed by atoms with Crippen LogP contribution in [0.5, 0.6) is 5.75 Å². The average molecular weight is 372 g/mol. The number of ether oxygens (including phenoxy) is 2. The normalized spacial score (nSPS) is 10.7. The van der Waals surface area contributed by atoms with Crippen molar-refractivity contribution in [1.29, 1.82) is 0 Å². The van der Waals surface area contributed by atoms with Gasteiger partial charge in [-0.15, -0.1) is 0 Å². The van der Waals surface area contributed by atoms with Crippen molar-refractivity contribution in [2.24, 2.45) is 0 Å². The van der Waals surface area contributed by atoms with Crippen LogP contribution in [0.1, 0.15) is 13.3 Å². The van der Waals surface area contributed by atoms with E-state index in [9.17, 15) is 9.59 Å². The lowest BCUT2D eigenvalue weighted by atomic mass is 10.3. The van der Waals surface area contributed by atoms with E-state index in [1.54, 1.807) is 0 Å². The fraction of sp³-hybridized carbons (Fsp3) is 0.231. The Balaban J connectivity index is 2.76. The monoisotopic (exact) mass is 370 g/mol. The van der Waals surface area contributed by atoms with Crippen LogP contribution < -0.4 is 4.74 Å². The summed E-state index contributed by atoms with van der Waals surface area (Å²) >= 11 is 23.3. The third kappa shape index (κ3) is 5.40. The Morgan fingerprint density at radius 2 is 1.67 bits per heavy atom. The molecule has 0 aliphatic carbocycles. The van der Waals surface area contributed by atoms with Gasteiger partial charge in [-0.1, -0.05) is 53.3 Å². The molecule has 4 nitrogen and oxygen atoms in total. The molecule has 114 valence electrons. The summed E-state index contributed by atoms with van der Waals surface area (Å²) in [6, 6.07) is 1.25. The predicted octanol–water partition coefficient (Wildman–Crippen LogP) is 4.72. The van der Waals surface area contributed by atoms with E-state index >= 15 is 0 Å². The maximum Gasteiger partial charge on any atom is 0.336 e. The number of hydrogen-bond acceptors (Lipinski definition) is 4. The number of rotatable bonds is 5. The second kappa shape index (κ2) is 8.49. The molecule has 0 aromatic heterocycles. The van der Waals surface area contributed by atoms with Gasteiger partial charge in [-0.05, 0) is 6.42 Å². The molecule has 0 saturated carbocycles. The van der Waals surface area contributed by atoms with Crippen LogP contribution in [0.2, 0.25) is 20.1 Å². The molecule has 0 radical (unpaired) electrons. The third-order valence-corrected chi connectivity index (χ3v) is 3.82. The minimum atomic E-state index is -0.834. The summed E-state index contributed by atoms with van der Waals surface area (Å²) in [5.41, 5.74) is 0. The van der Waals surface area contributed by atoms with E-state index in [2.05, 4.69) is 0 Å². The molecule has 0 heterocycles. The van der Waals surface area contributed by atoms with Crippen LogP contribution in [-0.2, 0) is 14.3 Å². The van der Waals surface area contributed by atoms with Gasteiger partial charge in [0.2, 0.25) is 0 Å². The second-order valence-electron chi connectivity index (χ2n) is 3.72. The van der Waals surface area contributed by atoms with Crippen molar-refractivity contribution >= 4 is 58.3 Å². The van der Waals surface area contributed by atoms with Crippen molar-refractivity contribution in [2.45, 2.75) is 13.3 Å². The van der Waals surface area contributed by atoms with Gasteiger partial charge in [0, 0.05) is 18.2 Å². The SMILES string of the molecule is CCCOC(=O)/C=C/C(=O)Oc1cc(Cl)c(Cl)c(Cl)c1Cl. The average Bonchev–Trinajstić information content (AvgIpc) is 2.46. The van der Waals surface area contributed by atoms with E-state index in [-0.39, 0.29) is 32.4 Å². The first kappa shape index (κ1) is 18.1. The number of carbonyl (C=O) groups is 2. The van der Waals surface area contributed by atoms with E-state index in [1.165, 1.54) is 6.07 Å². The van der Waals surface area contributed by atoms with Crippen molar-refractivity contribution in [1.82, 2.24) is 0 Å². The zero-order valence-electron chi connectivity index (χ0n) is 10.8. The van der Waals surface area contributed by atoms with Gasteiger partial charge in [0.15, 0.2) is 5.75 Å².